The summed E-state index contributed by atoms with van der Waals surface area (Å²) in [7, 11) is 12.7. The van der Waals surface area contributed by atoms with Crippen LogP contribution in [0.1, 0.15) is 72.9 Å². The van der Waals surface area contributed by atoms with E-state index in [-0.39, 0.29) is 0 Å². The molecule has 0 N–H and O–H groups in total. The molecule has 6 aromatic rings. The van der Waals surface area contributed by atoms with Crippen molar-refractivity contribution >= 4 is 77.6 Å². The zero-order chi connectivity index (χ0) is 33.7. The van der Waals surface area contributed by atoms with Crippen molar-refractivity contribution in [2.75, 3.05) is 0 Å². The van der Waals surface area contributed by atoms with E-state index < -0.39 is 23.4 Å². The third kappa shape index (κ3) is 9.28. The van der Waals surface area contributed by atoms with Gasteiger partial charge < -0.3 is 0 Å². The predicted octanol–water partition coefficient (Wildman–Crippen LogP) is 12.6. The summed E-state index contributed by atoms with van der Waals surface area (Å²) in [6.07, 6.45) is 0. The number of benzene rings is 4. The first-order chi connectivity index (χ1) is 21.8. The first kappa shape index (κ1) is 37.2. The molecular formula is C40H42Cl4SiZr-2. The molecule has 0 heterocycles. The maximum absolute atomic E-state index is 6.33. The summed E-state index contributed by atoms with van der Waals surface area (Å²) < 4.78 is 0. The van der Waals surface area contributed by atoms with Crippen molar-refractivity contribution in [3.63, 3.8) is 0 Å². The third-order valence-electron chi connectivity index (χ3n) is 8.26. The number of aryl methyl sites for hydroxylation is 4. The topological polar surface area (TPSA) is 0 Å². The molecule has 0 aliphatic rings. The van der Waals surface area contributed by atoms with Crippen LogP contribution < -0.4 is 10.4 Å². The van der Waals surface area contributed by atoms with Gasteiger partial charge in [-0.25, -0.2) is 0 Å². The molecule has 46 heavy (non-hydrogen) atoms. The summed E-state index contributed by atoms with van der Waals surface area (Å²) in [5, 5.41) is 9.62. The summed E-state index contributed by atoms with van der Waals surface area (Å²) in [6.45, 7) is 17.7. The molecule has 0 fully saturated rings. The summed E-state index contributed by atoms with van der Waals surface area (Å²) >= 11 is 9.43. The van der Waals surface area contributed by atoms with Gasteiger partial charge in [-0.05, 0) is 11.8 Å². The van der Waals surface area contributed by atoms with E-state index in [1.165, 1.54) is 65.3 Å². The summed E-state index contributed by atoms with van der Waals surface area (Å²) in [4.78, 5) is 0. The van der Waals surface area contributed by atoms with Crippen molar-refractivity contribution in [3.8, 4) is 0 Å². The van der Waals surface area contributed by atoms with E-state index in [0.717, 1.165) is 10.0 Å². The second kappa shape index (κ2) is 16.6. The van der Waals surface area contributed by atoms with Crippen LogP contribution in [0.15, 0.2) is 97.1 Å². The number of halogens is 4. The van der Waals surface area contributed by atoms with Crippen LogP contribution in [-0.4, -0.2) is 5.43 Å². The Morgan fingerprint density at radius 3 is 1.20 bits per heavy atom. The second-order valence-corrected chi connectivity index (χ2v) is 32.7. The standard InChI is InChI=1S/2C14H17.C12H8Cl2Si.2ClH.Zr/c2*1-9(2)12-6-5-11(4)13-7-10(3)8-14(12)13;13-9-1-5-11(6-2-9)15-12-7-3-10(14)4-8-12;;;/h2*5-9H,1-4H3;1-8H;2*1H;/q2*-1;;;;+2/p-2. The van der Waals surface area contributed by atoms with E-state index in [4.69, 9.17) is 40.2 Å². The van der Waals surface area contributed by atoms with Crippen molar-refractivity contribution < 1.29 is 18.0 Å². The first-order valence-electron chi connectivity index (χ1n) is 15.7. The molecule has 240 valence electrons. The normalized spacial score (nSPS) is 11.0. The minimum absolute atomic E-state index is 0.611. The van der Waals surface area contributed by atoms with Crippen molar-refractivity contribution in [2.45, 2.75) is 67.2 Å². The van der Waals surface area contributed by atoms with Gasteiger partial charge in [0.2, 0.25) is 0 Å². The average Bonchev–Trinajstić information content (AvgIpc) is 3.59. The summed E-state index contributed by atoms with van der Waals surface area (Å²) in [6, 6.07) is 33.8. The molecule has 0 saturated carbocycles. The van der Waals surface area contributed by atoms with Crippen molar-refractivity contribution in [3.05, 3.63) is 140 Å². The van der Waals surface area contributed by atoms with Gasteiger partial charge in [0.1, 0.15) is 0 Å². The van der Waals surface area contributed by atoms with E-state index in [2.05, 4.69) is 104 Å². The van der Waals surface area contributed by atoms with Gasteiger partial charge in [-0.15, -0.1) is 68.1 Å². The van der Waals surface area contributed by atoms with E-state index in [1.54, 1.807) is 0 Å². The molecule has 0 radical (unpaired) electrons. The van der Waals surface area contributed by atoms with Gasteiger partial charge in [-0.3, -0.25) is 0 Å². The molecule has 0 nitrogen and oxygen atoms in total. The fourth-order valence-corrected chi connectivity index (χ4v) is 21.3. The van der Waals surface area contributed by atoms with Gasteiger partial charge in [0.25, 0.3) is 0 Å². The van der Waals surface area contributed by atoms with Crippen molar-refractivity contribution in [1.29, 1.82) is 0 Å². The van der Waals surface area contributed by atoms with Crippen LogP contribution in [0, 0.1) is 27.7 Å². The molecule has 0 aliphatic carbocycles. The summed E-state index contributed by atoms with van der Waals surface area (Å²) in [5.41, 5.74) is 7.42. The van der Waals surface area contributed by atoms with Gasteiger partial charge in [0.05, 0.1) is 0 Å². The Balaban J connectivity index is 0.000000158. The Kier molecular flexibility index (Phi) is 13.5. The van der Waals surface area contributed by atoms with Gasteiger partial charge in [0, 0.05) is 0 Å². The minimum atomic E-state index is -2.38. The van der Waals surface area contributed by atoms with Crippen LogP contribution in [0.25, 0.3) is 21.5 Å². The number of rotatable bonds is 4. The molecule has 6 aromatic carbocycles. The zero-order valence-corrected chi connectivity index (χ0v) is 34.4. The summed E-state index contributed by atoms with van der Waals surface area (Å²) in [5.74, 6) is 1.22. The molecule has 6 heteroatoms. The van der Waals surface area contributed by atoms with E-state index in [0.29, 0.717) is 11.8 Å². The van der Waals surface area contributed by atoms with Crippen LogP contribution in [0.2, 0.25) is 10.0 Å². The molecule has 0 saturated heterocycles. The Hall–Kier alpha value is -1.64. The Labute approximate surface area is 300 Å². The van der Waals surface area contributed by atoms with Gasteiger partial charge in [-0.2, -0.15) is 12.1 Å². The zero-order valence-electron chi connectivity index (χ0n) is 27.9. The Morgan fingerprint density at radius 1 is 0.543 bits per heavy atom. The van der Waals surface area contributed by atoms with Crippen LogP contribution in [0.3, 0.4) is 0 Å². The van der Waals surface area contributed by atoms with Crippen molar-refractivity contribution in [1.82, 2.24) is 0 Å². The maximum atomic E-state index is 6.33. The van der Waals surface area contributed by atoms with Gasteiger partial charge in [0.15, 0.2) is 0 Å². The molecular weight excluding hydrogens is 742 g/mol. The average molecular weight is 784 g/mol. The fraction of sp³-hybridized carbons (Fsp3) is 0.250. The number of hydrogen-bond donors (Lipinski definition) is 0. The Bertz CT molecular complexity index is 1820. The second-order valence-electron chi connectivity index (χ2n) is 12.6. The van der Waals surface area contributed by atoms with Crippen molar-refractivity contribution in [2.24, 2.45) is 0 Å². The SMILES string of the molecule is Cc1cc2c(C(C)C)ccc(C)c2[cH-]1.Cc1cc2c(C(C)C)ccc(C)c2[cH-]1.Clc1ccc([Si](c2ccc(Cl)cc2)=[Zr]([Cl])[Cl])cc1. The number of hydrogen-bond acceptors (Lipinski definition) is 0. The molecule has 0 unspecified atom stereocenters. The predicted molar refractivity (Wildman–Crippen MR) is 206 cm³/mol. The molecule has 0 atom stereocenters. The molecule has 0 spiro atoms. The molecule has 0 amide bonds. The van der Waals surface area contributed by atoms with Gasteiger partial charge >= 0.3 is 133 Å². The first-order valence-corrected chi connectivity index (χ1v) is 27.9. The molecule has 0 bridgehead atoms. The fourth-order valence-electron chi connectivity index (χ4n) is 5.85. The molecule has 0 aromatic heterocycles. The monoisotopic (exact) mass is 780 g/mol. The van der Waals surface area contributed by atoms with E-state index in [9.17, 15) is 0 Å². The third-order valence-corrected chi connectivity index (χ3v) is 24.7. The molecule has 0 aliphatic heterocycles. The van der Waals surface area contributed by atoms with Crippen LogP contribution in [-0.2, 0) is 18.0 Å². The molecule has 6 rings (SSSR count). The Morgan fingerprint density at radius 2 is 0.891 bits per heavy atom. The van der Waals surface area contributed by atoms with E-state index in [1.807, 2.05) is 48.5 Å². The van der Waals surface area contributed by atoms with E-state index >= 15 is 0 Å². The number of fused-ring (bicyclic) bond motifs is 2. The van der Waals surface area contributed by atoms with Gasteiger partial charge in [-0.1, -0.05) is 78.6 Å². The van der Waals surface area contributed by atoms with Crippen LogP contribution in [0.4, 0.5) is 0 Å². The quantitative estimate of drug-likeness (QED) is 0.123. The van der Waals surface area contributed by atoms with Crippen LogP contribution in [0.5, 0.6) is 0 Å². The van der Waals surface area contributed by atoms with Crippen LogP contribution >= 0.6 is 40.2 Å².